The molecule has 1 amide bonds. The molecule has 1 fully saturated rings. The first-order valence-corrected chi connectivity index (χ1v) is 9.10. The van der Waals surface area contributed by atoms with E-state index < -0.39 is 0 Å². The van der Waals surface area contributed by atoms with Crippen molar-refractivity contribution < 1.29 is 4.79 Å². The second-order valence-corrected chi connectivity index (χ2v) is 7.03. The smallest absolute Gasteiger partial charge is 0.258 e. The van der Waals surface area contributed by atoms with Crippen LogP contribution in [0.15, 0.2) is 71.7 Å². The van der Waals surface area contributed by atoms with Crippen molar-refractivity contribution in [3.63, 3.8) is 0 Å². The lowest BCUT2D eigenvalue weighted by Gasteiger charge is -2.33. The largest absolute Gasteiger partial charge is 0.338 e. The molecule has 0 aliphatic carbocycles. The molecular formula is C22H22N2O2. The summed E-state index contributed by atoms with van der Waals surface area (Å²) in [5.74, 6) is 0.506. The van der Waals surface area contributed by atoms with Gasteiger partial charge in [-0.25, -0.2) is 0 Å². The van der Waals surface area contributed by atoms with Gasteiger partial charge in [-0.3, -0.25) is 9.59 Å². The van der Waals surface area contributed by atoms with Crippen molar-refractivity contribution >= 4 is 16.7 Å². The van der Waals surface area contributed by atoms with E-state index in [1.807, 2.05) is 71.8 Å². The highest BCUT2D eigenvalue weighted by Crippen LogP contribution is 2.21. The van der Waals surface area contributed by atoms with Gasteiger partial charge in [-0.1, -0.05) is 48.5 Å². The first-order valence-electron chi connectivity index (χ1n) is 9.10. The van der Waals surface area contributed by atoms with Crippen molar-refractivity contribution in [2.75, 3.05) is 6.54 Å². The molecule has 3 aromatic rings. The number of carbonyl (C=O) groups is 1. The van der Waals surface area contributed by atoms with Gasteiger partial charge >= 0.3 is 0 Å². The molecule has 0 saturated carbocycles. The third-order valence-corrected chi connectivity index (χ3v) is 5.15. The summed E-state index contributed by atoms with van der Waals surface area (Å²) >= 11 is 0. The minimum atomic E-state index is 0.0506. The Morgan fingerprint density at radius 2 is 1.69 bits per heavy atom. The van der Waals surface area contributed by atoms with Gasteiger partial charge in [-0.15, -0.1) is 0 Å². The zero-order chi connectivity index (χ0) is 17.9. The van der Waals surface area contributed by atoms with E-state index >= 15 is 0 Å². The summed E-state index contributed by atoms with van der Waals surface area (Å²) in [6.07, 6.45) is 3.27. The maximum Gasteiger partial charge on any atom is 0.258 e. The van der Waals surface area contributed by atoms with E-state index in [1.54, 1.807) is 4.57 Å². The molecule has 26 heavy (non-hydrogen) atoms. The maximum absolute atomic E-state index is 12.7. The van der Waals surface area contributed by atoms with E-state index in [1.165, 1.54) is 0 Å². The summed E-state index contributed by atoms with van der Waals surface area (Å²) in [5, 5.41) is 1.72. The standard InChI is InChI=1S/C22H22N2O2/c25-21-11-10-18(16-24(21)14-17-6-2-1-3-7-17)15-23-13-12-19-8-4-5-9-20(19)22(23)26/h1-9,12-13,18H,10-11,14-16H2. The highest BCUT2D eigenvalue weighted by atomic mass is 16.2. The zero-order valence-electron chi connectivity index (χ0n) is 14.7. The van der Waals surface area contributed by atoms with Crippen LogP contribution >= 0.6 is 0 Å². The highest BCUT2D eigenvalue weighted by Gasteiger charge is 2.26. The van der Waals surface area contributed by atoms with Crippen molar-refractivity contribution in [2.24, 2.45) is 5.92 Å². The molecule has 0 bridgehead atoms. The molecule has 0 radical (unpaired) electrons. The van der Waals surface area contributed by atoms with Crippen molar-refractivity contribution in [1.82, 2.24) is 9.47 Å². The Balaban J connectivity index is 1.51. The number of nitrogens with zero attached hydrogens (tertiary/aromatic N) is 2. The molecule has 0 spiro atoms. The van der Waals surface area contributed by atoms with Crippen LogP contribution in [0.1, 0.15) is 18.4 Å². The lowest BCUT2D eigenvalue weighted by molar-refractivity contribution is -0.135. The van der Waals surface area contributed by atoms with Crippen LogP contribution in [-0.2, 0) is 17.9 Å². The van der Waals surface area contributed by atoms with Crippen molar-refractivity contribution in [3.8, 4) is 0 Å². The van der Waals surface area contributed by atoms with Crippen LogP contribution < -0.4 is 5.56 Å². The number of hydrogen-bond acceptors (Lipinski definition) is 2. The fraction of sp³-hybridized carbons (Fsp3) is 0.273. The molecule has 1 aromatic heterocycles. The van der Waals surface area contributed by atoms with Crippen LogP contribution in [0, 0.1) is 5.92 Å². The minimum absolute atomic E-state index is 0.0506. The van der Waals surface area contributed by atoms with E-state index in [-0.39, 0.29) is 11.5 Å². The van der Waals surface area contributed by atoms with Gasteiger partial charge < -0.3 is 9.47 Å². The number of carbonyl (C=O) groups excluding carboxylic acids is 1. The normalized spacial score (nSPS) is 17.6. The van der Waals surface area contributed by atoms with Gasteiger partial charge in [0.05, 0.1) is 0 Å². The average molecular weight is 346 g/mol. The Morgan fingerprint density at radius 1 is 0.923 bits per heavy atom. The van der Waals surface area contributed by atoms with Crippen LogP contribution in [0.2, 0.25) is 0 Å². The number of hydrogen-bond donors (Lipinski definition) is 0. The Hall–Kier alpha value is -2.88. The lowest BCUT2D eigenvalue weighted by atomic mass is 9.96. The first-order chi connectivity index (χ1) is 12.7. The Kier molecular flexibility index (Phi) is 4.57. The van der Waals surface area contributed by atoms with Crippen LogP contribution in [0.25, 0.3) is 10.8 Å². The summed E-state index contributed by atoms with van der Waals surface area (Å²) in [6, 6.07) is 19.7. The first kappa shape index (κ1) is 16.6. The van der Waals surface area contributed by atoms with Gasteiger partial charge in [0.15, 0.2) is 0 Å². The number of amides is 1. The molecule has 4 nitrogen and oxygen atoms in total. The zero-order valence-corrected chi connectivity index (χ0v) is 14.7. The van der Waals surface area contributed by atoms with Crippen LogP contribution in [0.4, 0.5) is 0 Å². The Labute approximate surface area is 152 Å². The van der Waals surface area contributed by atoms with Crippen molar-refractivity contribution in [2.45, 2.75) is 25.9 Å². The molecule has 2 aromatic carbocycles. The van der Waals surface area contributed by atoms with Crippen LogP contribution in [-0.4, -0.2) is 21.9 Å². The number of benzene rings is 2. The molecule has 4 heteroatoms. The number of rotatable bonds is 4. The minimum Gasteiger partial charge on any atom is -0.338 e. The Bertz CT molecular complexity index is 978. The van der Waals surface area contributed by atoms with E-state index in [9.17, 15) is 9.59 Å². The van der Waals surface area contributed by atoms with Gasteiger partial charge in [0.1, 0.15) is 0 Å². The predicted molar refractivity (Wildman–Crippen MR) is 103 cm³/mol. The molecule has 132 valence electrons. The van der Waals surface area contributed by atoms with E-state index in [0.29, 0.717) is 32.0 Å². The van der Waals surface area contributed by atoms with Gasteiger partial charge in [0, 0.05) is 37.6 Å². The summed E-state index contributed by atoms with van der Waals surface area (Å²) in [7, 11) is 0. The predicted octanol–water partition coefficient (Wildman–Crippen LogP) is 3.44. The fourth-order valence-corrected chi connectivity index (χ4v) is 3.75. The second kappa shape index (κ2) is 7.16. The van der Waals surface area contributed by atoms with Crippen molar-refractivity contribution in [1.29, 1.82) is 0 Å². The summed E-state index contributed by atoms with van der Waals surface area (Å²) in [6.45, 7) is 2.00. The maximum atomic E-state index is 12.7. The molecule has 1 saturated heterocycles. The lowest BCUT2D eigenvalue weighted by Crippen LogP contribution is -2.41. The number of piperidine rings is 1. The molecule has 2 heterocycles. The molecule has 1 aliphatic heterocycles. The van der Waals surface area contributed by atoms with Crippen LogP contribution in [0.5, 0.6) is 0 Å². The average Bonchev–Trinajstić information content (AvgIpc) is 2.68. The van der Waals surface area contributed by atoms with Gasteiger partial charge in [-0.2, -0.15) is 0 Å². The fourth-order valence-electron chi connectivity index (χ4n) is 3.75. The third-order valence-electron chi connectivity index (χ3n) is 5.15. The third kappa shape index (κ3) is 3.40. The summed E-state index contributed by atoms with van der Waals surface area (Å²) < 4.78 is 1.80. The van der Waals surface area contributed by atoms with Gasteiger partial charge in [-0.05, 0) is 35.4 Å². The van der Waals surface area contributed by atoms with E-state index in [4.69, 9.17) is 0 Å². The van der Waals surface area contributed by atoms with Crippen molar-refractivity contribution in [3.05, 3.63) is 82.8 Å². The van der Waals surface area contributed by atoms with E-state index in [0.717, 1.165) is 22.8 Å². The van der Waals surface area contributed by atoms with Gasteiger partial charge in [0.2, 0.25) is 5.91 Å². The highest BCUT2D eigenvalue weighted by molar-refractivity contribution is 5.81. The number of likely N-dealkylation sites (tertiary alicyclic amines) is 1. The molecule has 1 aliphatic rings. The number of fused-ring (bicyclic) bond motifs is 1. The molecule has 0 N–H and O–H groups in total. The molecule has 1 unspecified atom stereocenters. The number of aromatic nitrogens is 1. The van der Waals surface area contributed by atoms with E-state index in [2.05, 4.69) is 0 Å². The summed E-state index contributed by atoms with van der Waals surface area (Å²) in [5.41, 5.74) is 1.19. The second-order valence-electron chi connectivity index (χ2n) is 7.03. The molecule has 1 atom stereocenters. The molecular weight excluding hydrogens is 324 g/mol. The summed E-state index contributed by atoms with van der Waals surface area (Å²) in [4.78, 5) is 26.9. The number of pyridine rings is 1. The van der Waals surface area contributed by atoms with Crippen LogP contribution in [0.3, 0.4) is 0 Å². The topological polar surface area (TPSA) is 42.3 Å². The SMILES string of the molecule is O=C1CCC(Cn2ccc3ccccc3c2=O)CN1Cc1ccccc1. The van der Waals surface area contributed by atoms with Gasteiger partial charge in [0.25, 0.3) is 5.56 Å². The quantitative estimate of drug-likeness (QED) is 0.726. The molecule has 4 rings (SSSR count). The Morgan fingerprint density at radius 3 is 2.54 bits per heavy atom. The monoisotopic (exact) mass is 346 g/mol.